The zero-order valence-electron chi connectivity index (χ0n) is 23.4. The van der Waals surface area contributed by atoms with Gasteiger partial charge in [-0.05, 0) is 74.9 Å². The van der Waals surface area contributed by atoms with Crippen molar-refractivity contribution < 1.29 is 32.5 Å². The number of fused-ring (bicyclic) bond motifs is 1. The Balaban J connectivity index is 1.15. The highest BCUT2D eigenvalue weighted by Crippen LogP contribution is 2.37. The Morgan fingerprint density at radius 3 is 2.88 bits per heavy atom. The summed E-state index contributed by atoms with van der Waals surface area (Å²) in [6.07, 6.45) is 4.70. The molecule has 3 aliphatic heterocycles. The molecule has 4 heterocycles. The second-order valence-electron chi connectivity index (χ2n) is 11.6. The van der Waals surface area contributed by atoms with Gasteiger partial charge in [0.2, 0.25) is 0 Å². The number of carbonyl (C=O) groups is 1. The molecule has 0 aliphatic carbocycles. The Hall–Kier alpha value is -2.85. The molecule has 3 aliphatic rings. The van der Waals surface area contributed by atoms with Gasteiger partial charge in [0.25, 0.3) is 0 Å². The minimum Gasteiger partial charge on any atom is -0.490 e. The number of alkyl halides is 2. The van der Waals surface area contributed by atoms with E-state index in [0.717, 1.165) is 49.8 Å². The standard InChI is InChI=1S/C31H40F3N3O4/c32-23-8-10-27(41-20-31(34)12-16-40-17-13-31)25(18-23)28(30(38)39)37-15-11-22(19-37)26(33)6-2-1-5-24-9-7-21-4-3-14-35-29(21)36-24/h7-10,18,22,26,28H,1-6,11-17,19-20H2,(H,35,36)(H,38,39)/t22-,26?,28?/m1/s1. The van der Waals surface area contributed by atoms with Gasteiger partial charge in [0, 0.05) is 56.3 Å². The lowest BCUT2D eigenvalue weighted by Gasteiger charge is -2.31. The molecule has 1 aromatic carbocycles. The Morgan fingerprint density at radius 2 is 2.07 bits per heavy atom. The van der Waals surface area contributed by atoms with E-state index in [1.165, 1.54) is 17.7 Å². The van der Waals surface area contributed by atoms with Crippen molar-refractivity contribution in [2.75, 3.05) is 44.8 Å². The van der Waals surface area contributed by atoms with Crippen molar-refractivity contribution in [1.82, 2.24) is 9.88 Å². The number of nitrogens with one attached hydrogen (secondary N) is 1. The number of halogens is 3. The number of aromatic nitrogens is 1. The van der Waals surface area contributed by atoms with Gasteiger partial charge >= 0.3 is 5.97 Å². The molecule has 10 heteroatoms. The Kier molecular flexibility index (Phi) is 9.70. The number of likely N-dealkylation sites (tertiary alicyclic amines) is 1. The summed E-state index contributed by atoms with van der Waals surface area (Å²) in [5.74, 6) is -0.992. The van der Waals surface area contributed by atoms with Crippen LogP contribution in [0, 0.1) is 11.7 Å². The molecule has 1 aromatic heterocycles. The zero-order valence-corrected chi connectivity index (χ0v) is 23.4. The minimum atomic E-state index is -1.59. The minimum absolute atomic E-state index is 0.122. The number of aryl methyl sites for hydroxylation is 2. The first-order chi connectivity index (χ1) is 19.8. The average Bonchev–Trinajstić information content (AvgIpc) is 3.45. The third-order valence-corrected chi connectivity index (χ3v) is 8.62. The fourth-order valence-electron chi connectivity index (χ4n) is 6.17. The van der Waals surface area contributed by atoms with Crippen LogP contribution in [0.15, 0.2) is 30.3 Å². The Morgan fingerprint density at radius 1 is 1.24 bits per heavy atom. The highest BCUT2D eigenvalue weighted by molar-refractivity contribution is 5.77. The van der Waals surface area contributed by atoms with E-state index in [2.05, 4.69) is 17.4 Å². The second-order valence-corrected chi connectivity index (χ2v) is 11.6. The van der Waals surface area contributed by atoms with Crippen LogP contribution in [0.1, 0.15) is 67.8 Å². The predicted octanol–water partition coefficient (Wildman–Crippen LogP) is 5.68. The number of unbranched alkanes of at least 4 members (excludes halogenated alkanes) is 1. The Bertz CT molecular complexity index is 1190. The van der Waals surface area contributed by atoms with Crippen molar-refractivity contribution >= 4 is 11.8 Å². The fraction of sp³-hybridized carbons (Fsp3) is 0.613. The molecule has 2 saturated heterocycles. The van der Waals surface area contributed by atoms with Gasteiger partial charge in [-0.15, -0.1) is 0 Å². The van der Waals surface area contributed by atoms with Crippen molar-refractivity contribution in [3.05, 3.63) is 53.0 Å². The van der Waals surface area contributed by atoms with Crippen LogP contribution >= 0.6 is 0 Å². The molecule has 2 unspecified atom stereocenters. The molecule has 2 fully saturated rings. The van der Waals surface area contributed by atoms with E-state index >= 15 is 8.78 Å². The lowest BCUT2D eigenvalue weighted by Crippen LogP contribution is -2.38. The van der Waals surface area contributed by atoms with Crippen LogP contribution < -0.4 is 10.1 Å². The van der Waals surface area contributed by atoms with E-state index < -0.39 is 29.7 Å². The molecule has 2 aromatic rings. The number of rotatable bonds is 12. The number of nitrogens with zero attached hydrogens (tertiary/aromatic N) is 2. The summed E-state index contributed by atoms with van der Waals surface area (Å²) in [7, 11) is 0. The fourth-order valence-corrected chi connectivity index (χ4v) is 6.17. The summed E-state index contributed by atoms with van der Waals surface area (Å²) in [6.45, 7) is 1.86. The first-order valence-electron chi connectivity index (χ1n) is 14.8. The molecule has 41 heavy (non-hydrogen) atoms. The molecule has 5 rings (SSSR count). The number of hydrogen-bond acceptors (Lipinski definition) is 6. The largest absolute Gasteiger partial charge is 0.490 e. The molecule has 0 amide bonds. The molecular weight excluding hydrogens is 535 g/mol. The van der Waals surface area contributed by atoms with E-state index in [0.29, 0.717) is 25.8 Å². The van der Waals surface area contributed by atoms with Crippen LogP contribution in [0.5, 0.6) is 5.75 Å². The molecule has 0 saturated carbocycles. The van der Waals surface area contributed by atoms with Gasteiger partial charge in [0.05, 0.1) is 0 Å². The molecule has 0 radical (unpaired) electrons. The molecule has 0 spiro atoms. The summed E-state index contributed by atoms with van der Waals surface area (Å²) in [5, 5.41) is 13.5. The van der Waals surface area contributed by atoms with Crippen molar-refractivity contribution in [3.63, 3.8) is 0 Å². The number of hydrogen-bond donors (Lipinski definition) is 2. The summed E-state index contributed by atoms with van der Waals surface area (Å²) < 4.78 is 55.7. The van der Waals surface area contributed by atoms with Crippen molar-refractivity contribution in [1.29, 1.82) is 0 Å². The van der Waals surface area contributed by atoms with Gasteiger partial charge in [-0.3, -0.25) is 9.69 Å². The van der Waals surface area contributed by atoms with Gasteiger partial charge in [0.1, 0.15) is 41.9 Å². The van der Waals surface area contributed by atoms with E-state index in [9.17, 15) is 14.3 Å². The summed E-state index contributed by atoms with van der Waals surface area (Å²) in [5.41, 5.74) is 0.789. The van der Waals surface area contributed by atoms with E-state index in [1.54, 1.807) is 4.90 Å². The number of ether oxygens (including phenoxy) is 2. The van der Waals surface area contributed by atoms with Crippen LogP contribution in [0.25, 0.3) is 0 Å². The molecule has 2 N–H and O–H groups in total. The van der Waals surface area contributed by atoms with E-state index in [1.807, 2.05) is 0 Å². The zero-order chi connectivity index (χ0) is 28.8. The topological polar surface area (TPSA) is 83.9 Å². The average molecular weight is 576 g/mol. The van der Waals surface area contributed by atoms with Crippen LogP contribution in [-0.4, -0.2) is 72.3 Å². The summed E-state index contributed by atoms with van der Waals surface area (Å²) in [6, 6.07) is 6.62. The number of anilines is 1. The maximum Gasteiger partial charge on any atom is 0.325 e. The maximum absolute atomic E-state index is 15.3. The smallest absolute Gasteiger partial charge is 0.325 e. The third-order valence-electron chi connectivity index (χ3n) is 8.62. The van der Waals surface area contributed by atoms with Crippen LogP contribution in [0.4, 0.5) is 19.0 Å². The highest BCUT2D eigenvalue weighted by Gasteiger charge is 2.39. The molecule has 3 atom stereocenters. The number of carboxylic acids is 1. The normalized spacial score (nSPS) is 22.0. The maximum atomic E-state index is 15.3. The molecular formula is C31H40F3N3O4. The highest BCUT2D eigenvalue weighted by atomic mass is 19.1. The van der Waals surface area contributed by atoms with E-state index in [4.69, 9.17) is 14.5 Å². The van der Waals surface area contributed by atoms with Gasteiger partial charge in [-0.2, -0.15) is 0 Å². The first-order valence-corrected chi connectivity index (χ1v) is 14.8. The van der Waals surface area contributed by atoms with Crippen LogP contribution in [-0.2, 0) is 22.4 Å². The van der Waals surface area contributed by atoms with Crippen LogP contribution in [0.3, 0.4) is 0 Å². The van der Waals surface area contributed by atoms with Crippen molar-refractivity contribution in [2.45, 2.75) is 75.7 Å². The molecule has 7 nitrogen and oxygen atoms in total. The summed E-state index contributed by atoms with van der Waals surface area (Å²) in [4.78, 5) is 18.8. The SMILES string of the molecule is O=C(O)C(c1cc(F)ccc1OCC1(F)CCOCC1)N1CC[C@@H](C(F)CCCCc2ccc3c(n2)NCCC3)C1. The lowest BCUT2D eigenvalue weighted by molar-refractivity contribution is -0.143. The van der Waals surface area contributed by atoms with E-state index in [-0.39, 0.29) is 56.4 Å². The number of benzene rings is 1. The van der Waals surface area contributed by atoms with Gasteiger partial charge < -0.3 is 19.9 Å². The van der Waals surface area contributed by atoms with Crippen molar-refractivity contribution in [2.24, 2.45) is 5.92 Å². The quantitative estimate of drug-likeness (QED) is 0.315. The van der Waals surface area contributed by atoms with Crippen molar-refractivity contribution in [3.8, 4) is 5.75 Å². The van der Waals surface area contributed by atoms with Gasteiger partial charge in [0.15, 0.2) is 0 Å². The number of pyridine rings is 1. The monoisotopic (exact) mass is 575 g/mol. The number of carboxylic acid groups (broad SMARTS) is 1. The van der Waals surface area contributed by atoms with Crippen LogP contribution in [0.2, 0.25) is 0 Å². The van der Waals surface area contributed by atoms with Gasteiger partial charge in [-0.1, -0.05) is 12.5 Å². The molecule has 0 bridgehead atoms. The van der Waals surface area contributed by atoms with Gasteiger partial charge in [-0.25, -0.2) is 18.2 Å². The third kappa shape index (κ3) is 7.52. The second kappa shape index (κ2) is 13.4. The number of aliphatic carboxylic acids is 1. The first kappa shape index (κ1) is 29.6. The molecule has 224 valence electrons. The Labute approximate surface area is 239 Å². The summed E-state index contributed by atoms with van der Waals surface area (Å²) >= 11 is 0. The lowest BCUT2D eigenvalue weighted by atomic mass is 9.97. The predicted molar refractivity (Wildman–Crippen MR) is 149 cm³/mol.